The van der Waals surface area contributed by atoms with Gasteiger partial charge in [-0.2, -0.15) is 0 Å². The van der Waals surface area contributed by atoms with Gasteiger partial charge in [-0.15, -0.1) is 6.58 Å². The number of amides is 1. The van der Waals surface area contributed by atoms with Crippen LogP contribution in [0, 0.1) is 0 Å². The van der Waals surface area contributed by atoms with E-state index in [-0.39, 0.29) is 5.91 Å². The zero-order valence-electron chi connectivity index (χ0n) is 11.4. The summed E-state index contributed by atoms with van der Waals surface area (Å²) in [6, 6.07) is -0.721. The Morgan fingerprint density at radius 2 is 2.21 bits per heavy atom. The van der Waals surface area contributed by atoms with Crippen LogP contribution in [0.2, 0.25) is 0 Å². The number of imidazole rings is 1. The number of hydrogen-bond donors (Lipinski definition) is 1. The summed E-state index contributed by atoms with van der Waals surface area (Å²) < 4.78 is 6.43. The van der Waals surface area contributed by atoms with Crippen molar-refractivity contribution in [1.29, 1.82) is 0 Å². The molecule has 0 spiro atoms. The van der Waals surface area contributed by atoms with Gasteiger partial charge in [0.15, 0.2) is 0 Å². The van der Waals surface area contributed by atoms with Gasteiger partial charge >= 0.3 is 6.09 Å². The topological polar surface area (TPSA) is 73.2 Å². The third-order valence-electron chi connectivity index (χ3n) is 2.15. The van der Waals surface area contributed by atoms with E-state index >= 15 is 0 Å². The number of nitrogens with one attached hydrogen (secondary N) is 1. The molecule has 0 aliphatic heterocycles. The molecule has 0 aromatic carbocycles. The quantitative estimate of drug-likeness (QED) is 0.845. The molecule has 0 radical (unpaired) electrons. The van der Waals surface area contributed by atoms with E-state index in [2.05, 4.69) is 16.9 Å². The molecule has 1 N–H and O–H groups in total. The zero-order chi connectivity index (χ0) is 14.5. The van der Waals surface area contributed by atoms with E-state index in [0.29, 0.717) is 6.42 Å². The van der Waals surface area contributed by atoms with Gasteiger partial charge in [0.1, 0.15) is 18.0 Å². The maximum absolute atomic E-state index is 12.1. The molecule has 0 aliphatic rings. The predicted molar refractivity (Wildman–Crippen MR) is 70.8 cm³/mol. The minimum absolute atomic E-state index is 0.289. The van der Waals surface area contributed by atoms with E-state index in [0.717, 1.165) is 0 Å². The number of hydrogen-bond acceptors (Lipinski definition) is 4. The Bertz CT molecular complexity index is 446. The highest BCUT2D eigenvalue weighted by atomic mass is 16.6. The number of aromatic nitrogens is 2. The molecule has 6 heteroatoms. The first-order chi connectivity index (χ1) is 8.83. The molecule has 1 heterocycles. The summed E-state index contributed by atoms with van der Waals surface area (Å²) in [5, 5.41) is 2.53. The van der Waals surface area contributed by atoms with E-state index < -0.39 is 17.7 Å². The first-order valence-electron chi connectivity index (χ1n) is 5.96. The molecule has 1 unspecified atom stereocenters. The lowest BCUT2D eigenvalue weighted by Crippen LogP contribution is -2.44. The maximum atomic E-state index is 12.1. The van der Waals surface area contributed by atoms with E-state index in [1.54, 1.807) is 26.8 Å². The minimum Gasteiger partial charge on any atom is -0.444 e. The van der Waals surface area contributed by atoms with Crippen molar-refractivity contribution in [1.82, 2.24) is 14.9 Å². The van der Waals surface area contributed by atoms with Crippen molar-refractivity contribution in [2.24, 2.45) is 0 Å². The third-order valence-corrected chi connectivity index (χ3v) is 2.15. The molecule has 1 amide bonds. The Morgan fingerprint density at radius 3 is 2.68 bits per heavy atom. The van der Waals surface area contributed by atoms with Gasteiger partial charge in [0.05, 0.1) is 0 Å². The monoisotopic (exact) mass is 265 g/mol. The summed E-state index contributed by atoms with van der Waals surface area (Å²) in [6.07, 6.45) is 5.65. The number of carbonyl (C=O) groups excluding carboxylic acids is 2. The molecule has 0 saturated carbocycles. The first-order valence-corrected chi connectivity index (χ1v) is 5.96. The molecule has 19 heavy (non-hydrogen) atoms. The number of ether oxygens (including phenoxy) is 1. The number of rotatable bonds is 4. The van der Waals surface area contributed by atoms with Crippen LogP contribution in [0.15, 0.2) is 31.4 Å². The SMILES string of the molecule is C=CCC(NC(=O)OC(C)(C)C)C(=O)n1ccnc1. The summed E-state index contributed by atoms with van der Waals surface area (Å²) in [7, 11) is 0. The Labute approximate surface area is 112 Å². The van der Waals surface area contributed by atoms with Crippen molar-refractivity contribution < 1.29 is 14.3 Å². The second kappa shape index (κ2) is 6.17. The van der Waals surface area contributed by atoms with Crippen LogP contribution in [0.3, 0.4) is 0 Å². The van der Waals surface area contributed by atoms with Crippen molar-refractivity contribution in [2.45, 2.75) is 38.8 Å². The van der Waals surface area contributed by atoms with Crippen LogP contribution in [0.25, 0.3) is 0 Å². The fourth-order valence-electron chi connectivity index (χ4n) is 1.41. The van der Waals surface area contributed by atoms with E-state index in [4.69, 9.17) is 4.74 Å². The highest BCUT2D eigenvalue weighted by Gasteiger charge is 2.24. The Balaban J connectivity index is 2.70. The van der Waals surface area contributed by atoms with Gasteiger partial charge < -0.3 is 10.1 Å². The molecule has 0 saturated heterocycles. The number of alkyl carbamates (subject to hydrolysis) is 1. The van der Waals surface area contributed by atoms with Crippen LogP contribution in [0.5, 0.6) is 0 Å². The molecule has 1 aromatic heterocycles. The number of nitrogens with zero attached hydrogens (tertiary/aromatic N) is 2. The highest BCUT2D eigenvalue weighted by molar-refractivity contribution is 5.87. The van der Waals surface area contributed by atoms with Gasteiger partial charge in [-0.05, 0) is 27.2 Å². The zero-order valence-corrected chi connectivity index (χ0v) is 11.4. The molecule has 1 rings (SSSR count). The largest absolute Gasteiger partial charge is 0.444 e. The van der Waals surface area contributed by atoms with E-state index in [1.165, 1.54) is 23.3 Å². The standard InChI is InChI=1S/C13H19N3O3/c1-5-6-10(11(17)16-8-7-14-9-16)15-12(18)19-13(2,3)4/h5,7-10H,1,6H2,2-4H3,(H,15,18). The van der Waals surface area contributed by atoms with Gasteiger partial charge in [0.25, 0.3) is 5.91 Å². The van der Waals surface area contributed by atoms with Gasteiger partial charge in [-0.25, -0.2) is 9.78 Å². The minimum atomic E-state index is -0.721. The summed E-state index contributed by atoms with van der Waals surface area (Å²) in [5.74, 6) is -0.289. The molecule has 0 fully saturated rings. The van der Waals surface area contributed by atoms with Gasteiger partial charge in [0, 0.05) is 12.4 Å². The van der Waals surface area contributed by atoms with Crippen LogP contribution in [-0.4, -0.2) is 33.2 Å². The van der Waals surface area contributed by atoms with Crippen molar-refractivity contribution in [2.75, 3.05) is 0 Å². The highest BCUT2D eigenvalue weighted by Crippen LogP contribution is 2.08. The summed E-state index contributed by atoms with van der Waals surface area (Å²) in [5.41, 5.74) is -0.610. The summed E-state index contributed by atoms with van der Waals surface area (Å²) >= 11 is 0. The Kier molecular flexibility index (Phi) is 4.86. The first kappa shape index (κ1) is 14.9. The molecule has 0 bridgehead atoms. The average molecular weight is 265 g/mol. The van der Waals surface area contributed by atoms with Crippen molar-refractivity contribution in [3.8, 4) is 0 Å². The lowest BCUT2D eigenvalue weighted by Gasteiger charge is -2.22. The third kappa shape index (κ3) is 4.95. The maximum Gasteiger partial charge on any atom is 0.408 e. The second-order valence-electron chi connectivity index (χ2n) is 5.03. The number of carbonyl (C=O) groups is 2. The van der Waals surface area contributed by atoms with Crippen LogP contribution in [-0.2, 0) is 4.74 Å². The van der Waals surface area contributed by atoms with Gasteiger partial charge in [-0.1, -0.05) is 6.08 Å². The molecule has 1 atom stereocenters. The van der Waals surface area contributed by atoms with Gasteiger partial charge in [0.2, 0.25) is 0 Å². The predicted octanol–water partition coefficient (Wildman–Crippen LogP) is 1.99. The lowest BCUT2D eigenvalue weighted by molar-refractivity contribution is 0.0483. The molecular formula is C13H19N3O3. The molecular weight excluding hydrogens is 246 g/mol. The van der Waals surface area contributed by atoms with Crippen molar-refractivity contribution >= 4 is 12.0 Å². The van der Waals surface area contributed by atoms with Crippen LogP contribution in [0.4, 0.5) is 4.79 Å². The van der Waals surface area contributed by atoms with Crippen LogP contribution < -0.4 is 5.32 Å². The summed E-state index contributed by atoms with van der Waals surface area (Å²) in [6.45, 7) is 8.85. The molecule has 6 nitrogen and oxygen atoms in total. The van der Waals surface area contributed by atoms with Crippen LogP contribution in [0.1, 0.15) is 32.0 Å². The van der Waals surface area contributed by atoms with E-state index in [9.17, 15) is 9.59 Å². The Morgan fingerprint density at radius 1 is 1.53 bits per heavy atom. The molecule has 0 aliphatic carbocycles. The van der Waals surface area contributed by atoms with E-state index in [1.807, 2.05) is 0 Å². The lowest BCUT2D eigenvalue weighted by atomic mass is 10.2. The molecule has 104 valence electrons. The Hall–Kier alpha value is -2.11. The normalized spacial score (nSPS) is 12.6. The smallest absolute Gasteiger partial charge is 0.408 e. The average Bonchev–Trinajstić information content (AvgIpc) is 2.78. The fraction of sp³-hybridized carbons (Fsp3) is 0.462. The van der Waals surface area contributed by atoms with Gasteiger partial charge in [-0.3, -0.25) is 9.36 Å². The fourth-order valence-corrected chi connectivity index (χ4v) is 1.41. The van der Waals surface area contributed by atoms with Crippen LogP contribution >= 0.6 is 0 Å². The van der Waals surface area contributed by atoms with Crippen molar-refractivity contribution in [3.05, 3.63) is 31.4 Å². The molecule has 1 aromatic rings. The van der Waals surface area contributed by atoms with Crippen molar-refractivity contribution in [3.63, 3.8) is 0 Å². The summed E-state index contributed by atoms with van der Waals surface area (Å²) in [4.78, 5) is 27.6. The second-order valence-corrected chi connectivity index (χ2v) is 5.03.